The minimum atomic E-state index is -0.352. The molecule has 2 aromatic rings. The molecule has 1 aromatic heterocycles. The van der Waals surface area contributed by atoms with Gasteiger partial charge in [0.25, 0.3) is 0 Å². The molecule has 4 rings (SSSR count). The van der Waals surface area contributed by atoms with Gasteiger partial charge in [0.2, 0.25) is 5.13 Å². The van der Waals surface area contributed by atoms with E-state index in [1.807, 2.05) is 0 Å². The number of hydrogen-bond acceptors (Lipinski definition) is 6. The molecule has 0 atom stereocenters. The molecule has 0 spiro atoms. The van der Waals surface area contributed by atoms with Crippen LogP contribution in [-0.4, -0.2) is 29.4 Å². The number of carbonyl (C=O) groups excluding carboxylic acids is 1. The summed E-state index contributed by atoms with van der Waals surface area (Å²) in [6.45, 7) is 1.05. The molecule has 1 aliphatic carbocycles. The van der Waals surface area contributed by atoms with E-state index in [4.69, 9.17) is 9.47 Å². The van der Waals surface area contributed by atoms with Crippen LogP contribution in [0.25, 0.3) is 0 Å². The molecule has 1 aromatic carbocycles. The molecular formula is C14H14N4O3S. The highest BCUT2D eigenvalue weighted by atomic mass is 32.1. The fraction of sp³-hybridized carbons (Fsp3) is 0.357. The van der Waals surface area contributed by atoms with Crippen LogP contribution in [0.2, 0.25) is 0 Å². The van der Waals surface area contributed by atoms with Crippen LogP contribution in [0.1, 0.15) is 23.8 Å². The Morgan fingerprint density at radius 1 is 1.14 bits per heavy atom. The molecule has 114 valence electrons. The number of hydrogen-bond donors (Lipinski definition) is 2. The highest BCUT2D eigenvalue weighted by Gasteiger charge is 2.27. The first-order valence-electron chi connectivity index (χ1n) is 7.09. The van der Waals surface area contributed by atoms with E-state index in [-0.39, 0.29) is 6.03 Å². The largest absolute Gasteiger partial charge is 0.486 e. The Balaban J connectivity index is 1.40. The first kappa shape index (κ1) is 13.3. The van der Waals surface area contributed by atoms with Crippen LogP contribution in [-0.2, 0) is 0 Å². The molecule has 2 aliphatic rings. The predicted molar refractivity (Wildman–Crippen MR) is 82.0 cm³/mol. The van der Waals surface area contributed by atoms with Crippen molar-refractivity contribution >= 4 is 28.2 Å². The van der Waals surface area contributed by atoms with Gasteiger partial charge in [0.15, 0.2) is 11.5 Å². The average molecular weight is 318 g/mol. The fourth-order valence-electron chi connectivity index (χ4n) is 2.16. The van der Waals surface area contributed by atoms with Gasteiger partial charge in [-0.15, -0.1) is 10.2 Å². The van der Waals surface area contributed by atoms with E-state index in [0.717, 1.165) is 17.8 Å². The van der Waals surface area contributed by atoms with Crippen LogP contribution >= 0.6 is 11.3 Å². The maximum absolute atomic E-state index is 12.0. The molecule has 2 N–H and O–H groups in total. The summed E-state index contributed by atoms with van der Waals surface area (Å²) >= 11 is 1.43. The van der Waals surface area contributed by atoms with Crippen molar-refractivity contribution in [1.29, 1.82) is 0 Å². The van der Waals surface area contributed by atoms with Crippen LogP contribution in [0.3, 0.4) is 0 Å². The second-order valence-electron chi connectivity index (χ2n) is 5.16. The normalized spacial score (nSPS) is 16.2. The average Bonchev–Trinajstić information content (AvgIpc) is 3.28. The molecule has 2 amide bonds. The smallest absolute Gasteiger partial charge is 0.325 e. The maximum Gasteiger partial charge on any atom is 0.325 e. The molecule has 2 heterocycles. The monoisotopic (exact) mass is 318 g/mol. The lowest BCUT2D eigenvalue weighted by molar-refractivity contribution is 0.171. The van der Waals surface area contributed by atoms with E-state index in [9.17, 15) is 4.79 Å². The van der Waals surface area contributed by atoms with E-state index in [0.29, 0.717) is 41.4 Å². The van der Waals surface area contributed by atoms with Crippen LogP contribution in [0, 0.1) is 0 Å². The van der Waals surface area contributed by atoms with E-state index in [1.165, 1.54) is 11.3 Å². The SMILES string of the molecule is O=C(Nc1ccc2c(c1)OCCO2)Nc1nnc(C2CC2)s1. The van der Waals surface area contributed by atoms with Crippen molar-refractivity contribution in [3.05, 3.63) is 23.2 Å². The molecule has 0 radical (unpaired) electrons. The van der Waals surface area contributed by atoms with Crippen LogP contribution in [0.4, 0.5) is 15.6 Å². The summed E-state index contributed by atoms with van der Waals surface area (Å²) in [5.41, 5.74) is 0.633. The van der Waals surface area contributed by atoms with E-state index >= 15 is 0 Å². The zero-order valence-electron chi connectivity index (χ0n) is 11.7. The first-order chi connectivity index (χ1) is 10.8. The molecule has 0 bridgehead atoms. The third-order valence-electron chi connectivity index (χ3n) is 3.39. The number of aromatic nitrogens is 2. The summed E-state index contributed by atoms with van der Waals surface area (Å²) in [5.74, 6) is 1.86. The molecule has 0 unspecified atom stereocenters. The second-order valence-corrected chi connectivity index (χ2v) is 6.17. The van der Waals surface area contributed by atoms with Gasteiger partial charge in [-0.3, -0.25) is 5.32 Å². The van der Waals surface area contributed by atoms with Crippen molar-refractivity contribution in [2.24, 2.45) is 0 Å². The number of ether oxygens (including phenoxy) is 2. The van der Waals surface area contributed by atoms with Gasteiger partial charge in [-0.25, -0.2) is 4.79 Å². The second kappa shape index (κ2) is 5.45. The number of anilines is 2. The lowest BCUT2D eigenvalue weighted by Crippen LogP contribution is -2.20. The molecular weight excluding hydrogens is 304 g/mol. The van der Waals surface area contributed by atoms with Crippen molar-refractivity contribution < 1.29 is 14.3 Å². The third-order valence-corrected chi connectivity index (χ3v) is 4.39. The lowest BCUT2D eigenvalue weighted by Gasteiger charge is -2.18. The van der Waals surface area contributed by atoms with Gasteiger partial charge >= 0.3 is 6.03 Å². The fourth-order valence-corrected chi connectivity index (χ4v) is 3.07. The molecule has 1 aliphatic heterocycles. The Morgan fingerprint density at radius 2 is 1.95 bits per heavy atom. The number of rotatable bonds is 3. The highest BCUT2D eigenvalue weighted by Crippen LogP contribution is 2.42. The number of carbonyl (C=O) groups is 1. The van der Waals surface area contributed by atoms with Crippen molar-refractivity contribution in [2.45, 2.75) is 18.8 Å². The molecule has 7 nitrogen and oxygen atoms in total. The summed E-state index contributed by atoms with van der Waals surface area (Å²) in [6, 6.07) is 4.93. The van der Waals surface area contributed by atoms with Gasteiger partial charge in [-0.05, 0) is 25.0 Å². The Kier molecular flexibility index (Phi) is 3.30. The standard InChI is InChI=1S/C14H14N4O3S/c19-13(16-14-18-17-12(22-14)8-1-2-8)15-9-3-4-10-11(7-9)21-6-5-20-10/h3-4,7-8H,1-2,5-6H2,(H2,15,16,18,19). The van der Waals surface area contributed by atoms with Crippen molar-refractivity contribution in [2.75, 3.05) is 23.8 Å². The Hall–Kier alpha value is -2.35. The zero-order valence-corrected chi connectivity index (χ0v) is 12.5. The predicted octanol–water partition coefficient (Wildman–Crippen LogP) is 2.83. The Labute approximate surface area is 130 Å². The summed E-state index contributed by atoms with van der Waals surface area (Å²) < 4.78 is 10.9. The molecule has 1 saturated carbocycles. The highest BCUT2D eigenvalue weighted by molar-refractivity contribution is 7.15. The van der Waals surface area contributed by atoms with E-state index < -0.39 is 0 Å². The van der Waals surface area contributed by atoms with Gasteiger partial charge in [0, 0.05) is 17.7 Å². The van der Waals surface area contributed by atoms with Crippen molar-refractivity contribution in [3.63, 3.8) is 0 Å². The van der Waals surface area contributed by atoms with Crippen LogP contribution < -0.4 is 20.1 Å². The third kappa shape index (κ3) is 2.82. The molecule has 22 heavy (non-hydrogen) atoms. The Bertz CT molecular complexity index is 714. The summed E-state index contributed by atoms with van der Waals surface area (Å²) in [4.78, 5) is 12.0. The van der Waals surface area contributed by atoms with Gasteiger partial charge in [0.1, 0.15) is 18.2 Å². The quantitative estimate of drug-likeness (QED) is 0.909. The molecule has 8 heteroatoms. The number of fused-ring (bicyclic) bond motifs is 1. The number of nitrogens with zero attached hydrogens (tertiary/aromatic N) is 2. The number of nitrogens with one attached hydrogen (secondary N) is 2. The number of amides is 2. The molecule has 1 fully saturated rings. The van der Waals surface area contributed by atoms with Crippen LogP contribution in [0.5, 0.6) is 11.5 Å². The van der Waals surface area contributed by atoms with Gasteiger partial charge in [-0.1, -0.05) is 11.3 Å². The molecule has 0 saturated heterocycles. The van der Waals surface area contributed by atoms with Gasteiger partial charge < -0.3 is 14.8 Å². The van der Waals surface area contributed by atoms with Crippen LogP contribution in [0.15, 0.2) is 18.2 Å². The lowest BCUT2D eigenvalue weighted by atomic mass is 10.2. The number of benzene rings is 1. The zero-order chi connectivity index (χ0) is 14.9. The Morgan fingerprint density at radius 3 is 2.77 bits per heavy atom. The topological polar surface area (TPSA) is 85.4 Å². The van der Waals surface area contributed by atoms with Gasteiger partial charge in [-0.2, -0.15) is 0 Å². The van der Waals surface area contributed by atoms with E-state index in [2.05, 4.69) is 20.8 Å². The minimum absolute atomic E-state index is 0.352. The summed E-state index contributed by atoms with van der Waals surface area (Å²) in [7, 11) is 0. The summed E-state index contributed by atoms with van der Waals surface area (Å²) in [5, 5.41) is 15.0. The summed E-state index contributed by atoms with van der Waals surface area (Å²) in [6.07, 6.45) is 2.33. The van der Waals surface area contributed by atoms with Gasteiger partial charge in [0.05, 0.1) is 0 Å². The first-order valence-corrected chi connectivity index (χ1v) is 7.90. The van der Waals surface area contributed by atoms with Crippen molar-refractivity contribution in [3.8, 4) is 11.5 Å². The minimum Gasteiger partial charge on any atom is -0.486 e. The number of urea groups is 1. The maximum atomic E-state index is 12.0. The van der Waals surface area contributed by atoms with E-state index in [1.54, 1.807) is 18.2 Å². The van der Waals surface area contributed by atoms with Crippen molar-refractivity contribution in [1.82, 2.24) is 10.2 Å².